The van der Waals surface area contributed by atoms with Crippen LogP contribution in [0.4, 0.5) is 24.7 Å². The summed E-state index contributed by atoms with van der Waals surface area (Å²) < 4.78 is 37.7. The van der Waals surface area contributed by atoms with Gasteiger partial charge in [0.2, 0.25) is 0 Å². The Balaban J connectivity index is 2.08. The molecule has 0 atom stereocenters. The number of amides is 1. The molecule has 1 fully saturated rings. The lowest BCUT2D eigenvalue weighted by Crippen LogP contribution is -2.21. The van der Waals surface area contributed by atoms with Crippen molar-refractivity contribution in [2.24, 2.45) is 16.8 Å². The minimum atomic E-state index is -4.70. The van der Waals surface area contributed by atoms with Crippen LogP contribution in [0.2, 0.25) is 0 Å². The molecule has 146 valence electrons. The smallest absolute Gasteiger partial charge is 0.401 e. The maximum Gasteiger partial charge on any atom is 0.432 e. The Kier molecular flexibility index (Phi) is 6.50. The summed E-state index contributed by atoms with van der Waals surface area (Å²) in [5, 5.41) is 17.9. The van der Waals surface area contributed by atoms with Crippen molar-refractivity contribution in [1.29, 1.82) is 5.41 Å². The first-order chi connectivity index (χ1) is 12.6. The van der Waals surface area contributed by atoms with Gasteiger partial charge >= 0.3 is 6.18 Å². The molecular formula is C16H19F3N6OS. The molecule has 1 amide bonds. The Hall–Kier alpha value is -2.53. The number of anilines is 2. The van der Waals surface area contributed by atoms with E-state index in [0.717, 1.165) is 30.9 Å². The van der Waals surface area contributed by atoms with E-state index in [4.69, 9.17) is 16.3 Å². The highest BCUT2D eigenvalue weighted by Crippen LogP contribution is 2.37. The number of nitrogens with zero attached hydrogens (tertiary/aromatic N) is 1. The number of allylic oxidation sites excluding steroid dienone is 3. The van der Waals surface area contributed by atoms with Gasteiger partial charge in [-0.05, 0) is 55.8 Å². The van der Waals surface area contributed by atoms with Gasteiger partial charge in [-0.1, -0.05) is 0 Å². The van der Waals surface area contributed by atoms with Gasteiger partial charge in [0.15, 0.2) is 0 Å². The first-order valence-electron chi connectivity index (χ1n) is 7.86. The van der Waals surface area contributed by atoms with Gasteiger partial charge in [-0.25, -0.2) is 4.98 Å². The zero-order valence-corrected chi connectivity index (χ0v) is 15.2. The van der Waals surface area contributed by atoms with Crippen molar-refractivity contribution in [3.8, 4) is 0 Å². The monoisotopic (exact) mass is 400 g/mol. The largest absolute Gasteiger partial charge is 0.432 e. The van der Waals surface area contributed by atoms with E-state index in [2.05, 4.69) is 15.6 Å². The minimum Gasteiger partial charge on any atom is -0.401 e. The van der Waals surface area contributed by atoms with Crippen LogP contribution in [-0.2, 0) is 4.79 Å². The van der Waals surface area contributed by atoms with E-state index >= 15 is 0 Å². The molecule has 0 unspecified atom stereocenters. The number of nitrogens with two attached hydrogens (primary N) is 2. The number of nitrogens with one attached hydrogen (secondary N) is 3. The SMILES string of the molecule is C/C(N)=C(/SN)C(=O)Nc1ccc(N/C(=C\C(=N)C(F)(F)F)C2CC2)nc1. The lowest BCUT2D eigenvalue weighted by molar-refractivity contribution is -0.112. The molecule has 0 spiro atoms. The van der Waals surface area contributed by atoms with E-state index in [1.54, 1.807) is 6.92 Å². The third kappa shape index (κ3) is 6.00. The highest BCUT2D eigenvalue weighted by molar-refractivity contribution is 8.01. The van der Waals surface area contributed by atoms with Gasteiger partial charge in [0.05, 0.1) is 11.9 Å². The molecule has 1 aliphatic carbocycles. The fraction of sp³-hybridized carbons (Fsp3) is 0.312. The van der Waals surface area contributed by atoms with Crippen LogP contribution in [0.25, 0.3) is 0 Å². The zero-order valence-electron chi connectivity index (χ0n) is 14.4. The molecule has 0 radical (unpaired) electrons. The summed E-state index contributed by atoms with van der Waals surface area (Å²) in [5.74, 6) is -0.224. The topological polar surface area (TPSA) is 130 Å². The van der Waals surface area contributed by atoms with Gasteiger partial charge < -0.3 is 16.4 Å². The average Bonchev–Trinajstić information content (AvgIpc) is 3.40. The number of aromatic nitrogens is 1. The number of carbonyl (C=O) groups excluding carboxylic acids is 1. The Bertz CT molecular complexity index is 780. The molecule has 0 saturated heterocycles. The Morgan fingerprint density at radius 3 is 2.48 bits per heavy atom. The molecule has 1 saturated carbocycles. The summed E-state index contributed by atoms with van der Waals surface area (Å²) in [6, 6.07) is 3.05. The van der Waals surface area contributed by atoms with Crippen molar-refractivity contribution < 1.29 is 18.0 Å². The van der Waals surface area contributed by atoms with E-state index < -0.39 is 17.8 Å². The molecule has 0 bridgehead atoms. The van der Waals surface area contributed by atoms with Gasteiger partial charge in [0.25, 0.3) is 5.91 Å². The van der Waals surface area contributed by atoms with Crippen molar-refractivity contribution >= 4 is 35.1 Å². The first kappa shape index (κ1) is 20.8. The second-order valence-corrected chi connectivity index (χ2v) is 6.57. The number of halogens is 3. The molecule has 1 aromatic heterocycles. The lowest BCUT2D eigenvalue weighted by atomic mass is 10.2. The molecule has 11 heteroatoms. The standard InChI is InChI=1S/C16H19F3N6OS/c1-8(20)14(27-22)15(26)24-10-4-5-13(23-7-10)25-11(9-2-3-9)6-12(21)16(17,18)19/h4-7,9,21H,2-3,20,22H2,1H3,(H,23,25)(H,24,26)/b11-6-,14-8-,21-12?. The van der Waals surface area contributed by atoms with E-state index in [1.165, 1.54) is 18.3 Å². The zero-order chi connectivity index (χ0) is 20.2. The fourth-order valence-electron chi connectivity index (χ4n) is 2.09. The number of pyridine rings is 1. The normalized spacial score (nSPS) is 15.8. The summed E-state index contributed by atoms with van der Waals surface area (Å²) >= 11 is 0.725. The summed E-state index contributed by atoms with van der Waals surface area (Å²) in [5.41, 5.74) is 5.10. The van der Waals surface area contributed by atoms with E-state index in [0.29, 0.717) is 17.2 Å². The number of hydrogen-bond donors (Lipinski definition) is 5. The van der Waals surface area contributed by atoms with Crippen LogP contribution in [0.5, 0.6) is 0 Å². The van der Waals surface area contributed by atoms with Crippen molar-refractivity contribution in [3.63, 3.8) is 0 Å². The van der Waals surface area contributed by atoms with Gasteiger partial charge in [0, 0.05) is 11.4 Å². The third-order valence-corrected chi connectivity index (χ3v) is 4.34. The predicted octanol–water partition coefficient (Wildman–Crippen LogP) is 3.11. The quantitative estimate of drug-likeness (QED) is 0.272. The number of alkyl halides is 3. The second-order valence-electron chi connectivity index (χ2n) is 5.93. The van der Waals surface area contributed by atoms with Crippen LogP contribution in [0.15, 0.2) is 40.7 Å². The fourth-order valence-corrected chi connectivity index (χ4v) is 2.43. The third-order valence-electron chi connectivity index (χ3n) is 3.60. The molecule has 0 aliphatic heterocycles. The van der Waals surface area contributed by atoms with E-state index in [1.807, 2.05) is 0 Å². The van der Waals surface area contributed by atoms with Crippen molar-refractivity contribution in [1.82, 2.24) is 4.98 Å². The maximum absolute atomic E-state index is 12.6. The van der Waals surface area contributed by atoms with Gasteiger partial charge in [-0.3, -0.25) is 15.3 Å². The summed E-state index contributed by atoms with van der Waals surface area (Å²) in [6.45, 7) is 1.55. The highest BCUT2D eigenvalue weighted by Gasteiger charge is 2.35. The molecule has 1 heterocycles. The van der Waals surface area contributed by atoms with Crippen LogP contribution in [-0.4, -0.2) is 22.8 Å². The van der Waals surface area contributed by atoms with Crippen LogP contribution >= 0.6 is 11.9 Å². The molecular weight excluding hydrogens is 381 g/mol. The molecule has 1 aliphatic rings. The summed E-state index contributed by atoms with van der Waals surface area (Å²) in [7, 11) is 0. The van der Waals surface area contributed by atoms with Crippen LogP contribution in [0, 0.1) is 11.3 Å². The van der Waals surface area contributed by atoms with Crippen molar-refractivity contribution in [2.45, 2.75) is 25.9 Å². The molecule has 27 heavy (non-hydrogen) atoms. The second kappa shape index (κ2) is 8.44. The summed E-state index contributed by atoms with van der Waals surface area (Å²) in [6.07, 6.45) is -1.05. The molecule has 0 aromatic carbocycles. The Morgan fingerprint density at radius 1 is 1.37 bits per heavy atom. The van der Waals surface area contributed by atoms with E-state index in [-0.39, 0.29) is 16.5 Å². The van der Waals surface area contributed by atoms with Crippen molar-refractivity contribution in [3.05, 3.63) is 40.7 Å². The highest BCUT2D eigenvalue weighted by atomic mass is 32.2. The minimum absolute atomic E-state index is 0.0457. The number of rotatable bonds is 7. The van der Waals surface area contributed by atoms with Gasteiger partial charge in [-0.15, -0.1) is 0 Å². The average molecular weight is 400 g/mol. The molecule has 1 aromatic rings. The maximum atomic E-state index is 12.6. The van der Waals surface area contributed by atoms with Crippen LogP contribution < -0.4 is 21.5 Å². The Labute approximate surface area is 158 Å². The van der Waals surface area contributed by atoms with Gasteiger partial charge in [-0.2, -0.15) is 13.2 Å². The van der Waals surface area contributed by atoms with Crippen molar-refractivity contribution in [2.75, 3.05) is 10.6 Å². The number of carbonyl (C=O) groups is 1. The lowest BCUT2D eigenvalue weighted by Gasteiger charge is -2.12. The van der Waals surface area contributed by atoms with Gasteiger partial charge in [0.1, 0.15) is 16.4 Å². The first-order valence-corrected chi connectivity index (χ1v) is 8.74. The number of hydrogen-bond acceptors (Lipinski definition) is 7. The summed E-state index contributed by atoms with van der Waals surface area (Å²) in [4.78, 5) is 16.3. The molecule has 7 N–H and O–H groups in total. The van der Waals surface area contributed by atoms with Crippen LogP contribution in [0.3, 0.4) is 0 Å². The Morgan fingerprint density at radius 2 is 2.04 bits per heavy atom. The van der Waals surface area contributed by atoms with Crippen LogP contribution in [0.1, 0.15) is 19.8 Å². The molecule has 2 rings (SSSR count). The molecule has 7 nitrogen and oxygen atoms in total. The predicted molar refractivity (Wildman–Crippen MR) is 99.7 cm³/mol. The van der Waals surface area contributed by atoms with E-state index in [9.17, 15) is 18.0 Å².